The van der Waals surface area contributed by atoms with Crippen LogP contribution in [0.2, 0.25) is 0 Å². The number of nitrogens with one attached hydrogen (secondary N) is 1. The van der Waals surface area contributed by atoms with Crippen LogP contribution in [0, 0.1) is 11.8 Å². The van der Waals surface area contributed by atoms with Gasteiger partial charge in [0, 0.05) is 19.6 Å². The van der Waals surface area contributed by atoms with Crippen LogP contribution in [0.1, 0.15) is 57.8 Å². The van der Waals surface area contributed by atoms with Crippen molar-refractivity contribution in [3.8, 4) is 0 Å². The molecule has 21 heavy (non-hydrogen) atoms. The van der Waals surface area contributed by atoms with Gasteiger partial charge in [-0.3, -0.25) is 4.79 Å². The van der Waals surface area contributed by atoms with Gasteiger partial charge in [0.25, 0.3) is 5.91 Å². The number of hydrogen-bond donors (Lipinski definition) is 2. The molecule has 4 heteroatoms. The topological polar surface area (TPSA) is 52.6 Å². The van der Waals surface area contributed by atoms with Gasteiger partial charge in [0.05, 0.1) is 0 Å². The molecule has 0 aromatic heterocycles. The third kappa shape index (κ3) is 3.98. The van der Waals surface area contributed by atoms with E-state index >= 15 is 0 Å². The Morgan fingerprint density at radius 3 is 2.57 bits per heavy atom. The number of nitrogens with zero attached hydrogens (tertiary/aromatic N) is 1. The molecule has 1 atom stereocenters. The van der Waals surface area contributed by atoms with Crippen molar-refractivity contribution < 1.29 is 9.90 Å². The molecule has 3 aliphatic rings. The van der Waals surface area contributed by atoms with Crippen molar-refractivity contribution in [1.82, 2.24) is 10.2 Å². The summed E-state index contributed by atoms with van der Waals surface area (Å²) in [7, 11) is 0. The van der Waals surface area contributed by atoms with E-state index in [9.17, 15) is 9.90 Å². The molecule has 1 aliphatic heterocycles. The highest BCUT2D eigenvalue weighted by Crippen LogP contribution is 2.30. The lowest BCUT2D eigenvalue weighted by molar-refractivity contribution is -0.157. The van der Waals surface area contributed by atoms with Gasteiger partial charge in [-0.25, -0.2) is 0 Å². The first-order valence-electron chi connectivity index (χ1n) is 8.90. The molecule has 0 radical (unpaired) electrons. The second-order valence-electron chi connectivity index (χ2n) is 7.46. The van der Waals surface area contributed by atoms with Gasteiger partial charge in [-0.05, 0) is 56.9 Å². The fourth-order valence-corrected chi connectivity index (χ4v) is 3.89. The Hall–Kier alpha value is -0.610. The standard InChI is InChI=1S/C17H30N2O2/c20-16-17(21,13-18-11-14-7-8-14)9-4-10-19(16)12-15-5-2-1-3-6-15/h14-15,18,21H,1-13H2/t17-/m0/s1. The fraction of sp³-hybridized carbons (Fsp3) is 0.941. The van der Waals surface area contributed by atoms with E-state index in [1.807, 2.05) is 4.90 Å². The second kappa shape index (κ2) is 6.66. The fourth-order valence-electron chi connectivity index (χ4n) is 3.89. The zero-order chi connectivity index (χ0) is 14.7. The van der Waals surface area contributed by atoms with Crippen LogP contribution in [-0.2, 0) is 4.79 Å². The van der Waals surface area contributed by atoms with Crippen LogP contribution in [0.5, 0.6) is 0 Å². The zero-order valence-electron chi connectivity index (χ0n) is 13.1. The minimum atomic E-state index is -1.15. The molecule has 0 spiro atoms. The Balaban J connectivity index is 1.51. The molecule has 0 bridgehead atoms. The molecule has 3 rings (SSSR count). The molecule has 1 heterocycles. The Morgan fingerprint density at radius 2 is 1.86 bits per heavy atom. The first kappa shape index (κ1) is 15.3. The molecule has 1 amide bonds. The van der Waals surface area contributed by atoms with Crippen molar-refractivity contribution in [1.29, 1.82) is 0 Å². The summed E-state index contributed by atoms with van der Waals surface area (Å²) in [6, 6.07) is 0. The average Bonchev–Trinajstić information content (AvgIpc) is 3.30. The molecular weight excluding hydrogens is 264 g/mol. The quantitative estimate of drug-likeness (QED) is 0.787. The number of piperidine rings is 1. The number of hydrogen-bond acceptors (Lipinski definition) is 3. The summed E-state index contributed by atoms with van der Waals surface area (Å²) in [6.07, 6.45) is 10.6. The maximum absolute atomic E-state index is 12.6. The summed E-state index contributed by atoms with van der Waals surface area (Å²) >= 11 is 0. The lowest BCUT2D eigenvalue weighted by Gasteiger charge is -2.40. The number of aliphatic hydroxyl groups is 1. The van der Waals surface area contributed by atoms with Gasteiger partial charge in [-0.2, -0.15) is 0 Å². The van der Waals surface area contributed by atoms with E-state index in [2.05, 4.69) is 5.32 Å². The van der Waals surface area contributed by atoms with Gasteiger partial charge in [0.15, 0.2) is 5.60 Å². The van der Waals surface area contributed by atoms with Crippen LogP contribution in [0.3, 0.4) is 0 Å². The average molecular weight is 294 g/mol. The number of carbonyl (C=O) groups is 1. The predicted molar refractivity (Wildman–Crippen MR) is 82.9 cm³/mol. The Kier molecular flexibility index (Phi) is 4.85. The van der Waals surface area contributed by atoms with E-state index in [0.29, 0.717) is 18.9 Å². The van der Waals surface area contributed by atoms with E-state index in [-0.39, 0.29) is 5.91 Å². The Bertz CT molecular complexity index is 364. The Labute approximate surface area is 128 Å². The summed E-state index contributed by atoms with van der Waals surface area (Å²) in [4.78, 5) is 14.6. The monoisotopic (exact) mass is 294 g/mol. The molecule has 0 aromatic rings. The molecule has 2 saturated carbocycles. The van der Waals surface area contributed by atoms with Crippen LogP contribution in [0.4, 0.5) is 0 Å². The number of amides is 1. The third-order valence-corrected chi connectivity index (χ3v) is 5.45. The van der Waals surface area contributed by atoms with E-state index < -0.39 is 5.60 Å². The van der Waals surface area contributed by atoms with E-state index in [1.54, 1.807) is 0 Å². The van der Waals surface area contributed by atoms with Crippen molar-refractivity contribution in [3.05, 3.63) is 0 Å². The van der Waals surface area contributed by atoms with Gasteiger partial charge in [0.2, 0.25) is 0 Å². The van der Waals surface area contributed by atoms with Crippen LogP contribution >= 0.6 is 0 Å². The number of rotatable bonds is 6. The van der Waals surface area contributed by atoms with Crippen molar-refractivity contribution in [2.24, 2.45) is 11.8 Å². The van der Waals surface area contributed by atoms with Crippen LogP contribution < -0.4 is 5.32 Å². The SMILES string of the molecule is O=C1N(CC2CCCCC2)CCC[C@]1(O)CNCC1CC1. The van der Waals surface area contributed by atoms with Crippen LogP contribution in [0.15, 0.2) is 0 Å². The van der Waals surface area contributed by atoms with Gasteiger partial charge in [-0.1, -0.05) is 19.3 Å². The van der Waals surface area contributed by atoms with Crippen molar-refractivity contribution in [2.75, 3.05) is 26.2 Å². The summed E-state index contributed by atoms with van der Waals surface area (Å²) in [5, 5.41) is 14.0. The van der Waals surface area contributed by atoms with Gasteiger partial charge >= 0.3 is 0 Å². The van der Waals surface area contributed by atoms with Crippen molar-refractivity contribution in [2.45, 2.75) is 63.4 Å². The lowest BCUT2D eigenvalue weighted by Crippen LogP contribution is -2.58. The molecule has 1 saturated heterocycles. The highest BCUT2D eigenvalue weighted by atomic mass is 16.3. The zero-order valence-corrected chi connectivity index (χ0v) is 13.1. The predicted octanol–water partition coefficient (Wildman–Crippen LogP) is 1.92. The Morgan fingerprint density at radius 1 is 1.10 bits per heavy atom. The largest absolute Gasteiger partial charge is 0.379 e. The smallest absolute Gasteiger partial charge is 0.255 e. The van der Waals surface area contributed by atoms with E-state index in [0.717, 1.165) is 32.0 Å². The molecule has 0 aromatic carbocycles. The summed E-state index contributed by atoms with van der Waals surface area (Å²) in [5.74, 6) is 1.41. The molecule has 120 valence electrons. The first-order valence-corrected chi connectivity index (χ1v) is 8.90. The maximum Gasteiger partial charge on any atom is 0.255 e. The van der Waals surface area contributed by atoms with Crippen molar-refractivity contribution >= 4 is 5.91 Å². The molecule has 0 unspecified atom stereocenters. The molecule has 2 N–H and O–H groups in total. The van der Waals surface area contributed by atoms with Crippen LogP contribution in [-0.4, -0.2) is 47.7 Å². The molecular formula is C17H30N2O2. The first-order chi connectivity index (χ1) is 10.2. The van der Waals surface area contributed by atoms with Gasteiger partial charge < -0.3 is 15.3 Å². The summed E-state index contributed by atoms with van der Waals surface area (Å²) in [6.45, 7) is 3.09. The molecule has 4 nitrogen and oxygen atoms in total. The van der Waals surface area contributed by atoms with Crippen LogP contribution in [0.25, 0.3) is 0 Å². The second-order valence-corrected chi connectivity index (χ2v) is 7.46. The van der Waals surface area contributed by atoms with Gasteiger partial charge in [0.1, 0.15) is 0 Å². The number of likely N-dealkylation sites (tertiary alicyclic amines) is 1. The molecule has 2 aliphatic carbocycles. The number of carbonyl (C=O) groups excluding carboxylic acids is 1. The minimum Gasteiger partial charge on any atom is -0.379 e. The molecule has 3 fully saturated rings. The summed E-state index contributed by atoms with van der Waals surface area (Å²) in [5.41, 5.74) is -1.15. The van der Waals surface area contributed by atoms with Gasteiger partial charge in [-0.15, -0.1) is 0 Å². The van der Waals surface area contributed by atoms with Crippen molar-refractivity contribution in [3.63, 3.8) is 0 Å². The third-order valence-electron chi connectivity index (χ3n) is 5.45. The van der Waals surface area contributed by atoms with E-state index in [4.69, 9.17) is 0 Å². The minimum absolute atomic E-state index is 0.0254. The summed E-state index contributed by atoms with van der Waals surface area (Å²) < 4.78 is 0. The van der Waals surface area contributed by atoms with E-state index in [1.165, 1.54) is 44.9 Å². The highest BCUT2D eigenvalue weighted by molar-refractivity contribution is 5.86. The lowest BCUT2D eigenvalue weighted by atomic mass is 9.86. The highest BCUT2D eigenvalue weighted by Gasteiger charge is 2.42. The maximum atomic E-state index is 12.6. The normalized spacial score (nSPS) is 31.7.